The molecule has 5 nitrogen and oxygen atoms in total. The van der Waals surface area contributed by atoms with Crippen molar-refractivity contribution >= 4 is 27.0 Å². The zero-order valence-electron chi connectivity index (χ0n) is 20.0. The quantitative estimate of drug-likeness (QED) is 0.303. The van der Waals surface area contributed by atoms with Crippen LogP contribution >= 0.6 is 15.9 Å². The molecule has 0 amide bonds. The number of ether oxygens (including phenoxy) is 1. The van der Waals surface area contributed by atoms with Crippen molar-refractivity contribution in [2.75, 3.05) is 33.3 Å². The first-order valence-electron chi connectivity index (χ1n) is 12.0. The minimum Gasteiger partial charge on any atom is -0.497 e. The van der Waals surface area contributed by atoms with Gasteiger partial charge < -0.3 is 9.30 Å². The van der Waals surface area contributed by atoms with Crippen molar-refractivity contribution in [1.82, 2.24) is 19.4 Å². The molecule has 0 unspecified atom stereocenters. The third-order valence-electron chi connectivity index (χ3n) is 6.68. The summed E-state index contributed by atoms with van der Waals surface area (Å²) in [6.07, 6.45) is 1.04. The maximum absolute atomic E-state index is 14.4. The van der Waals surface area contributed by atoms with Gasteiger partial charge in [0.1, 0.15) is 17.4 Å². The molecule has 1 aliphatic rings. The van der Waals surface area contributed by atoms with Crippen molar-refractivity contribution in [1.29, 1.82) is 0 Å². The molecule has 1 aliphatic heterocycles. The Morgan fingerprint density at radius 2 is 1.63 bits per heavy atom. The van der Waals surface area contributed by atoms with Crippen molar-refractivity contribution < 1.29 is 9.13 Å². The van der Waals surface area contributed by atoms with E-state index in [9.17, 15) is 4.39 Å². The summed E-state index contributed by atoms with van der Waals surface area (Å²) in [4.78, 5) is 9.81. The topological polar surface area (TPSA) is 33.5 Å². The van der Waals surface area contributed by atoms with Crippen LogP contribution in [0.2, 0.25) is 0 Å². The molecule has 0 bridgehead atoms. The largest absolute Gasteiger partial charge is 0.497 e. The van der Waals surface area contributed by atoms with E-state index < -0.39 is 0 Å². The predicted octanol–water partition coefficient (Wildman–Crippen LogP) is 5.70. The molecule has 5 rings (SSSR count). The number of rotatable bonds is 7. The van der Waals surface area contributed by atoms with Gasteiger partial charge in [-0.1, -0.05) is 40.2 Å². The minimum absolute atomic E-state index is 0.173. The number of imidazole rings is 1. The number of fused-ring (bicyclic) bond motifs is 1. The molecule has 3 aromatic carbocycles. The molecule has 0 N–H and O–H groups in total. The van der Waals surface area contributed by atoms with Gasteiger partial charge in [0.2, 0.25) is 0 Å². The zero-order valence-corrected chi connectivity index (χ0v) is 21.5. The van der Waals surface area contributed by atoms with Gasteiger partial charge in [0.15, 0.2) is 0 Å². The lowest BCUT2D eigenvalue weighted by atomic mass is 10.2. The Balaban J connectivity index is 1.30. The Kier molecular flexibility index (Phi) is 7.46. The summed E-state index contributed by atoms with van der Waals surface area (Å²) in [5, 5.41) is 0. The fraction of sp³-hybridized carbons (Fsp3) is 0.321. The SMILES string of the molecule is COc1ccc(F)c(CN2CCCN(Cc3nc4ccccc4n3Cc3ccc(Br)cc3)CC2)c1. The Bertz CT molecular complexity index is 1290. The second kappa shape index (κ2) is 10.9. The zero-order chi connectivity index (χ0) is 24.2. The Morgan fingerprint density at radius 3 is 2.40 bits per heavy atom. The van der Waals surface area contributed by atoms with Crippen LogP contribution in [0.3, 0.4) is 0 Å². The van der Waals surface area contributed by atoms with Gasteiger partial charge >= 0.3 is 0 Å². The highest BCUT2D eigenvalue weighted by Gasteiger charge is 2.20. The fourth-order valence-corrected chi connectivity index (χ4v) is 5.04. The fourth-order valence-electron chi connectivity index (χ4n) is 4.78. The average Bonchev–Trinajstić information content (AvgIpc) is 3.05. The summed E-state index contributed by atoms with van der Waals surface area (Å²) in [5.74, 6) is 1.61. The lowest BCUT2D eigenvalue weighted by Gasteiger charge is -2.22. The summed E-state index contributed by atoms with van der Waals surface area (Å²) in [5.41, 5.74) is 4.13. The van der Waals surface area contributed by atoms with E-state index in [4.69, 9.17) is 9.72 Å². The van der Waals surface area contributed by atoms with Crippen LogP contribution in [0.4, 0.5) is 4.39 Å². The van der Waals surface area contributed by atoms with Gasteiger partial charge in [0.25, 0.3) is 0 Å². The third-order valence-corrected chi connectivity index (χ3v) is 7.21. The maximum atomic E-state index is 14.4. The standard InChI is InChI=1S/C28H30BrFN4O/c1-35-24-11-12-25(30)22(17-24)19-32-13-4-14-33(16-15-32)20-28-31-26-5-2-3-6-27(26)34(28)18-21-7-9-23(29)10-8-21/h2-3,5-12,17H,4,13-16,18-20H2,1H3. The lowest BCUT2D eigenvalue weighted by Crippen LogP contribution is -2.31. The van der Waals surface area contributed by atoms with E-state index in [2.05, 4.69) is 72.8 Å². The number of para-hydroxylation sites is 2. The molecule has 35 heavy (non-hydrogen) atoms. The van der Waals surface area contributed by atoms with E-state index in [-0.39, 0.29) is 5.82 Å². The van der Waals surface area contributed by atoms with Crippen molar-refractivity contribution in [3.8, 4) is 5.75 Å². The Labute approximate surface area is 214 Å². The van der Waals surface area contributed by atoms with Crippen molar-refractivity contribution in [2.45, 2.75) is 26.1 Å². The number of benzene rings is 3. The van der Waals surface area contributed by atoms with Gasteiger partial charge in [-0.25, -0.2) is 9.37 Å². The number of hydrogen-bond donors (Lipinski definition) is 0. The van der Waals surface area contributed by atoms with Gasteiger partial charge in [-0.15, -0.1) is 0 Å². The van der Waals surface area contributed by atoms with Gasteiger partial charge in [-0.3, -0.25) is 9.80 Å². The molecule has 1 saturated heterocycles. The van der Waals surface area contributed by atoms with Crippen molar-refractivity contribution in [2.24, 2.45) is 0 Å². The highest BCUT2D eigenvalue weighted by Crippen LogP contribution is 2.22. The summed E-state index contributed by atoms with van der Waals surface area (Å²) >= 11 is 3.53. The smallest absolute Gasteiger partial charge is 0.127 e. The average molecular weight is 537 g/mol. The van der Waals surface area contributed by atoms with Gasteiger partial charge in [-0.2, -0.15) is 0 Å². The second-order valence-corrected chi connectivity index (χ2v) is 10.0. The van der Waals surface area contributed by atoms with Crippen LogP contribution in [0.25, 0.3) is 11.0 Å². The minimum atomic E-state index is -0.173. The Morgan fingerprint density at radius 1 is 0.886 bits per heavy atom. The van der Waals surface area contributed by atoms with Crippen molar-refractivity contribution in [3.05, 3.63) is 94.0 Å². The predicted molar refractivity (Wildman–Crippen MR) is 141 cm³/mol. The van der Waals surface area contributed by atoms with Crippen LogP contribution in [0.1, 0.15) is 23.4 Å². The highest BCUT2D eigenvalue weighted by molar-refractivity contribution is 9.10. The molecule has 7 heteroatoms. The molecule has 1 aromatic heterocycles. The summed E-state index contributed by atoms with van der Waals surface area (Å²) < 4.78 is 23.1. The first-order valence-corrected chi connectivity index (χ1v) is 12.8. The van der Waals surface area contributed by atoms with Gasteiger partial charge in [-0.05, 0) is 67.5 Å². The molecule has 0 aliphatic carbocycles. The van der Waals surface area contributed by atoms with Crippen LogP contribution in [-0.4, -0.2) is 52.6 Å². The van der Waals surface area contributed by atoms with Crippen LogP contribution in [0.15, 0.2) is 71.2 Å². The highest BCUT2D eigenvalue weighted by atomic mass is 79.9. The van der Waals surface area contributed by atoms with E-state index in [0.717, 1.165) is 67.0 Å². The first kappa shape index (κ1) is 24.0. The van der Waals surface area contributed by atoms with E-state index in [1.165, 1.54) is 11.6 Å². The molecule has 0 saturated carbocycles. The van der Waals surface area contributed by atoms with Crippen LogP contribution in [-0.2, 0) is 19.6 Å². The molecule has 2 heterocycles. The molecule has 4 aromatic rings. The first-order chi connectivity index (χ1) is 17.1. The summed E-state index contributed by atoms with van der Waals surface area (Å²) in [6.45, 7) is 5.95. The molecule has 0 spiro atoms. The molecule has 0 radical (unpaired) electrons. The molecule has 182 valence electrons. The monoisotopic (exact) mass is 536 g/mol. The summed E-state index contributed by atoms with van der Waals surface area (Å²) in [6, 6.07) is 21.8. The van der Waals surface area contributed by atoms with Gasteiger partial charge in [0, 0.05) is 36.2 Å². The maximum Gasteiger partial charge on any atom is 0.127 e. The van der Waals surface area contributed by atoms with Crippen LogP contribution in [0.5, 0.6) is 5.75 Å². The Hall–Kier alpha value is -2.74. The second-order valence-electron chi connectivity index (χ2n) is 9.09. The van der Waals surface area contributed by atoms with E-state index in [1.54, 1.807) is 13.2 Å². The van der Waals surface area contributed by atoms with E-state index >= 15 is 0 Å². The van der Waals surface area contributed by atoms with Gasteiger partial charge in [0.05, 0.1) is 24.7 Å². The third kappa shape index (κ3) is 5.74. The number of nitrogens with zero attached hydrogens (tertiary/aromatic N) is 4. The lowest BCUT2D eigenvalue weighted by molar-refractivity contribution is 0.240. The normalized spacial score (nSPS) is 15.4. The molecular formula is C28H30BrFN4O. The number of hydrogen-bond acceptors (Lipinski definition) is 4. The molecule has 1 fully saturated rings. The van der Waals surface area contributed by atoms with Crippen molar-refractivity contribution in [3.63, 3.8) is 0 Å². The molecular weight excluding hydrogens is 507 g/mol. The molecule has 0 atom stereocenters. The summed E-state index contributed by atoms with van der Waals surface area (Å²) in [7, 11) is 1.62. The van der Waals surface area contributed by atoms with Crippen LogP contribution in [0, 0.1) is 5.82 Å². The van der Waals surface area contributed by atoms with Crippen LogP contribution < -0.4 is 4.74 Å². The number of methoxy groups -OCH3 is 1. The number of halogens is 2. The number of aromatic nitrogens is 2. The van der Waals surface area contributed by atoms with E-state index in [1.807, 2.05) is 12.1 Å². The van der Waals surface area contributed by atoms with E-state index in [0.29, 0.717) is 17.9 Å².